The molecule has 0 saturated carbocycles. The van der Waals surface area contributed by atoms with Crippen molar-refractivity contribution in [2.24, 2.45) is 0 Å². The molecular weight excluding hydrogens is 468 g/mol. The van der Waals surface area contributed by atoms with Crippen molar-refractivity contribution in [3.63, 3.8) is 0 Å². The summed E-state index contributed by atoms with van der Waals surface area (Å²) in [4.78, 5) is 18.9. The molecule has 2 aliphatic heterocycles. The van der Waals surface area contributed by atoms with E-state index in [4.69, 9.17) is 9.97 Å². The highest BCUT2D eigenvalue weighted by atomic mass is 32.2. The number of nitrogens with zero attached hydrogens (tertiary/aromatic N) is 6. The molecule has 2 saturated heterocycles. The van der Waals surface area contributed by atoms with E-state index in [0.29, 0.717) is 45.1 Å². The summed E-state index contributed by atoms with van der Waals surface area (Å²) in [6.07, 6.45) is 11.1. The lowest BCUT2D eigenvalue weighted by molar-refractivity contribution is 0.327. The largest absolute Gasteiger partial charge is 0.353 e. The maximum absolute atomic E-state index is 13.3. The van der Waals surface area contributed by atoms with Crippen LogP contribution in [-0.4, -0.2) is 71.2 Å². The predicted molar refractivity (Wildman–Crippen MR) is 135 cm³/mol. The fourth-order valence-electron chi connectivity index (χ4n) is 5.40. The van der Waals surface area contributed by atoms with Crippen LogP contribution >= 0.6 is 11.3 Å². The van der Waals surface area contributed by atoms with Crippen LogP contribution in [0.25, 0.3) is 21.6 Å². The minimum atomic E-state index is -3.41. The van der Waals surface area contributed by atoms with Gasteiger partial charge < -0.3 is 4.90 Å². The molecule has 180 valence electrons. The highest BCUT2D eigenvalue weighted by Crippen LogP contribution is 2.41. The Hall–Kier alpha value is -2.14. The monoisotopic (exact) mass is 498 g/mol. The number of pyridine rings is 1. The molecule has 2 fully saturated rings. The zero-order valence-corrected chi connectivity index (χ0v) is 21.0. The molecular formula is C24H30N6O2S2. The van der Waals surface area contributed by atoms with Gasteiger partial charge in [-0.25, -0.2) is 9.97 Å². The van der Waals surface area contributed by atoms with Gasteiger partial charge in [-0.3, -0.25) is 4.98 Å². The standard InChI is InChI=1S/C24H30N6O2S2/c31-34(32,29-11-3-1-2-4-12-29)30-15-13-28(14-16-30)23-21-19-8-5-9-20(19)33-24(21)27-22(26-23)18-7-6-10-25-17-18/h6-7,10,17H,1-5,8-9,11-16H2. The van der Waals surface area contributed by atoms with Crippen molar-refractivity contribution in [3.8, 4) is 11.4 Å². The summed E-state index contributed by atoms with van der Waals surface area (Å²) < 4.78 is 30.0. The van der Waals surface area contributed by atoms with Crippen molar-refractivity contribution >= 4 is 37.6 Å². The first-order valence-electron chi connectivity index (χ1n) is 12.3. The van der Waals surface area contributed by atoms with Gasteiger partial charge >= 0.3 is 0 Å². The molecule has 0 unspecified atom stereocenters. The lowest BCUT2D eigenvalue weighted by Crippen LogP contribution is -2.53. The lowest BCUT2D eigenvalue weighted by atomic mass is 10.1. The number of anilines is 1. The number of aryl methyl sites for hydroxylation is 2. The smallest absolute Gasteiger partial charge is 0.282 e. The van der Waals surface area contributed by atoms with Crippen LogP contribution in [0.5, 0.6) is 0 Å². The van der Waals surface area contributed by atoms with Gasteiger partial charge in [0.05, 0.1) is 5.39 Å². The molecule has 10 heteroatoms. The van der Waals surface area contributed by atoms with Crippen LogP contribution in [0.4, 0.5) is 5.82 Å². The molecule has 3 aliphatic rings. The van der Waals surface area contributed by atoms with Gasteiger partial charge in [-0.15, -0.1) is 11.3 Å². The number of hydrogen-bond acceptors (Lipinski definition) is 7. The van der Waals surface area contributed by atoms with Crippen LogP contribution in [0.3, 0.4) is 0 Å². The van der Waals surface area contributed by atoms with Crippen LogP contribution in [0.2, 0.25) is 0 Å². The Morgan fingerprint density at radius 2 is 1.62 bits per heavy atom. The third kappa shape index (κ3) is 4.00. The Morgan fingerprint density at radius 3 is 2.35 bits per heavy atom. The van der Waals surface area contributed by atoms with Crippen molar-refractivity contribution in [2.45, 2.75) is 44.9 Å². The van der Waals surface area contributed by atoms with Crippen molar-refractivity contribution in [2.75, 3.05) is 44.2 Å². The van der Waals surface area contributed by atoms with Crippen LogP contribution in [0, 0.1) is 0 Å². The first-order chi connectivity index (χ1) is 16.6. The summed E-state index contributed by atoms with van der Waals surface area (Å²) in [5.41, 5.74) is 2.30. The van der Waals surface area contributed by atoms with Gasteiger partial charge in [0.25, 0.3) is 10.2 Å². The molecule has 0 spiro atoms. The fraction of sp³-hybridized carbons (Fsp3) is 0.542. The minimum Gasteiger partial charge on any atom is -0.353 e. The highest BCUT2D eigenvalue weighted by Gasteiger charge is 2.34. The topological polar surface area (TPSA) is 82.5 Å². The van der Waals surface area contributed by atoms with E-state index in [1.54, 1.807) is 32.3 Å². The van der Waals surface area contributed by atoms with E-state index in [2.05, 4.69) is 9.88 Å². The van der Waals surface area contributed by atoms with Gasteiger partial charge in [0.2, 0.25) is 0 Å². The number of thiophene rings is 1. The summed E-state index contributed by atoms with van der Waals surface area (Å²) in [7, 11) is -3.41. The molecule has 3 aromatic rings. The summed E-state index contributed by atoms with van der Waals surface area (Å²) in [6.45, 7) is 3.53. The first kappa shape index (κ1) is 22.3. The van der Waals surface area contributed by atoms with Crippen LogP contribution in [-0.2, 0) is 23.1 Å². The quantitative estimate of drug-likeness (QED) is 0.548. The molecule has 0 amide bonds. The molecule has 34 heavy (non-hydrogen) atoms. The number of aromatic nitrogens is 3. The normalized spacial score (nSPS) is 20.5. The molecule has 5 heterocycles. The Bertz CT molecular complexity index is 1280. The maximum Gasteiger partial charge on any atom is 0.282 e. The van der Waals surface area contributed by atoms with Gasteiger partial charge in [0.1, 0.15) is 10.6 Å². The van der Waals surface area contributed by atoms with Gasteiger partial charge in [-0.2, -0.15) is 17.0 Å². The SMILES string of the molecule is O=S(=O)(N1CCCCCC1)N1CCN(c2nc(-c3cccnc3)nc3sc4c(c23)CCC4)CC1. The minimum absolute atomic E-state index is 0.485. The molecule has 6 rings (SSSR count). The second kappa shape index (κ2) is 9.14. The number of fused-ring (bicyclic) bond motifs is 3. The molecule has 3 aromatic heterocycles. The van der Waals surface area contributed by atoms with E-state index < -0.39 is 10.2 Å². The molecule has 0 aromatic carbocycles. The lowest BCUT2D eigenvalue weighted by Gasteiger charge is -2.37. The Kier molecular flexibility index (Phi) is 6.00. The second-order valence-corrected chi connectivity index (χ2v) is 12.4. The number of rotatable bonds is 4. The Balaban J connectivity index is 1.31. The summed E-state index contributed by atoms with van der Waals surface area (Å²) >= 11 is 1.79. The number of piperazine rings is 1. The molecule has 0 radical (unpaired) electrons. The van der Waals surface area contributed by atoms with E-state index in [9.17, 15) is 8.42 Å². The summed E-state index contributed by atoms with van der Waals surface area (Å²) in [6, 6.07) is 3.90. The van der Waals surface area contributed by atoms with Crippen molar-refractivity contribution in [1.82, 2.24) is 23.6 Å². The molecule has 0 N–H and O–H groups in total. The second-order valence-electron chi connectivity index (χ2n) is 9.36. The Morgan fingerprint density at radius 1 is 0.853 bits per heavy atom. The predicted octanol–water partition coefficient (Wildman–Crippen LogP) is 3.48. The van der Waals surface area contributed by atoms with Crippen LogP contribution < -0.4 is 4.90 Å². The van der Waals surface area contributed by atoms with E-state index >= 15 is 0 Å². The van der Waals surface area contributed by atoms with Gasteiger partial charge in [0.15, 0.2) is 5.82 Å². The third-order valence-electron chi connectivity index (χ3n) is 7.22. The first-order valence-corrected chi connectivity index (χ1v) is 14.6. The van der Waals surface area contributed by atoms with Crippen LogP contribution in [0.1, 0.15) is 42.5 Å². The van der Waals surface area contributed by atoms with E-state index in [0.717, 1.165) is 54.7 Å². The molecule has 1 aliphatic carbocycles. The fourth-order valence-corrected chi connectivity index (χ4v) is 8.32. The molecule has 0 bridgehead atoms. The Labute approximate surface area is 204 Å². The number of hydrogen-bond donors (Lipinski definition) is 0. The van der Waals surface area contributed by atoms with Crippen molar-refractivity contribution in [3.05, 3.63) is 35.0 Å². The molecule has 0 atom stereocenters. The van der Waals surface area contributed by atoms with E-state index in [-0.39, 0.29) is 0 Å². The van der Waals surface area contributed by atoms with Crippen molar-refractivity contribution in [1.29, 1.82) is 0 Å². The molecule has 8 nitrogen and oxygen atoms in total. The van der Waals surface area contributed by atoms with Crippen molar-refractivity contribution < 1.29 is 8.42 Å². The van der Waals surface area contributed by atoms with E-state index in [1.165, 1.54) is 22.2 Å². The average Bonchev–Trinajstić information content (AvgIpc) is 3.34. The highest BCUT2D eigenvalue weighted by molar-refractivity contribution is 7.86. The van der Waals surface area contributed by atoms with E-state index in [1.807, 2.05) is 12.1 Å². The average molecular weight is 499 g/mol. The zero-order chi connectivity index (χ0) is 23.1. The van der Waals surface area contributed by atoms with Crippen LogP contribution in [0.15, 0.2) is 24.5 Å². The third-order valence-corrected chi connectivity index (χ3v) is 10.4. The zero-order valence-electron chi connectivity index (χ0n) is 19.3. The summed E-state index contributed by atoms with van der Waals surface area (Å²) in [5.74, 6) is 1.64. The summed E-state index contributed by atoms with van der Waals surface area (Å²) in [5, 5.41) is 1.17. The van der Waals surface area contributed by atoms with Gasteiger partial charge in [0, 0.05) is 62.1 Å². The maximum atomic E-state index is 13.3. The van der Waals surface area contributed by atoms with Gasteiger partial charge in [-0.1, -0.05) is 12.8 Å². The van der Waals surface area contributed by atoms with Gasteiger partial charge in [-0.05, 0) is 49.8 Å².